The average molecular weight is 555 g/mol. The van der Waals surface area contributed by atoms with E-state index >= 15 is 0 Å². The molecular formula is C28H42O11. The zero-order valence-corrected chi connectivity index (χ0v) is 23.5. The number of aliphatic hydroxyl groups is 3. The minimum Gasteiger partial charge on any atom is -0.481 e. The quantitative estimate of drug-likeness (QED) is 0.313. The molecule has 0 amide bonds. The number of Topliss-reactive ketones (excluding diaryl/α,β-unsaturated/α-hetero) is 1. The number of rotatable bonds is 2. The van der Waals surface area contributed by atoms with Crippen LogP contribution in [0.5, 0.6) is 0 Å². The number of aliphatic carboxylic acids is 2. The van der Waals surface area contributed by atoms with Gasteiger partial charge in [0.1, 0.15) is 12.2 Å². The molecule has 7 atom stereocenters. The van der Waals surface area contributed by atoms with Crippen LogP contribution in [-0.2, 0) is 28.7 Å². The van der Waals surface area contributed by atoms with Crippen LogP contribution in [0, 0.1) is 28.6 Å². The Bertz CT molecular complexity index is 995. The van der Waals surface area contributed by atoms with Crippen molar-refractivity contribution in [2.24, 2.45) is 28.6 Å². The Morgan fingerprint density at radius 1 is 1.05 bits per heavy atom. The topological polar surface area (TPSA) is 196 Å². The van der Waals surface area contributed by atoms with Gasteiger partial charge >= 0.3 is 5.97 Å². The number of ether oxygens (including phenoxy) is 1. The van der Waals surface area contributed by atoms with Crippen LogP contribution in [0.3, 0.4) is 0 Å². The molecule has 0 spiro atoms. The molecule has 0 aromatic carbocycles. The Balaban J connectivity index is 0.000000491. The molecule has 0 unspecified atom stereocenters. The molecule has 4 aliphatic carbocycles. The summed E-state index contributed by atoms with van der Waals surface area (Å²) in [4.78, 5) is 51.7. The molecule has 0 radical (unpaired) electrons. The van der Waals surface area contributed by atoms with Gasteiger partial charge in [0, 0.05) is 37.5 Å². The standard InChI is InChI=1S/C21H28O5.C3H6O2.2C2H4O2/c1-19-7-5-13(23)9-12(19)3-4-14-15-6-8-21(26,17(25)11-22)20(15,2)10-16(24)18(14)19;1-3(4)5-2;2*1-2(3)4/h5,7,9,14-16,18,22,24,26H,3-4,6,8,10-11H2,1-2H3;1-2H3;2*1H3,(H,3,4)/t14-,15-,16-,18+,19-,20-,21-;;;/m0.../s1. The monoisotopic (exact) mass is 554 g/mol. The average Bonchev–Trinajstić information content (AvgIpc) is 3.09. The van der Waals surface area contributed by atoms with Crippen LogP contribution in [0.1, 0.15) is 66.7 Å². The third-order valence-electron chi connectivity index (χ3n) is 8.54. The van der Waals surface area contributed by atoms with Gasteiger partial charge in [-0.25, -0.2) is 0 Å². The number of carboxylic acids is 2. The molecule has 11 heteroatoms. The summed E-state index contributed by atoms with van der Waals surface area (Å²) >= 11 is 0. The van der Waals surface area contributed by atoms with Gasteiger partial charge in [-0.1, -0.05) is 25.5 Å². The number of esters is 1. The van der Waals surface area contributed by atoms with Gasteiger partial charge in [0.25, 0.3) is 11.9 Å². The lowest BCUT2D eigenvalue weighted by molar-refractivity contribution is -0.178. The predicted octanol–water partition coefficient (Wildman–Crippen LogP) is 1.92. The fraction of sp³-hybridized carbons (Fsp3) is 0.679. The number of carbonyl (C=O) groups excluding carboxylic acids is 3. The highest BCUT2D eigenvalue weighted by atomic mass is 16.5. The number of ketones is 2. The summed E-state index contributed by atoms with van der Waals surface area (Å²) in [7, 11) is 1.35. The van der Waals surface area contributed by atoms with Crippen LogP contribution in [-0.4, -0.2) is 80.4 Å². The van der Waals surface area contributed by atoms with Crippen molar-refractivity contribution >= 4 is 29.5 Å². The second-order valence-corrected chi connectivity index (χ2v) is 10.9. The van der Waals surface area contributed by atoms with Gasteiger partial charge in [0.2, 0.25) is 0 Å². The Kier molecular flexibility index (Phi) is 11.8. The third-order valence-corrected chi connectivity index (χ3v) is 8.54. The van der Waals surface area contributed by atoms with E-state index in [1.807, 2.05) is 13.0 Å². The SMILES string of the molecule is CC(=O)O.CC(=O)O.COC(C)=O.C[C@]12C=CC(=O)C=C1CC[C@@H]1[C@@H]2[C@@H](O)C[C@@]2(C)[C@H]1CC[C@]2(O)C(=O)CO. The molecule has 0 aromatic heterocycles. The van der Waals surface area contributed by atoms with Crippen molar-refractivity contribution in [3.63, 3.8) is 0 Å². The minimum absolute atomic E-state index is 0.00912. The fourth-order valence-corrected chi connectivity index (χ4v) is 6.92. The second kappa shape index (κ2) is 13.5. The minimum atomic E-state index is -1.56. The number of fused-ring (bicyclic) bond motifs is 5. The zero-order chi connectivity index (χ0) is 30.3. The number of carbonyl (C=O) groups is 5. The van der Waals surface area contributed by atoms with Gasteiger partial charge in [-0.3, -0.25) is 24.0 Å². The van der Waals surface area contributed by atoms with Crippen LogP contribution in [0.25, 0.3) is 0 Å². The highest BCUT2D eigenvalue weighted by Crippen LogP contribution is 2.67. The van der Waals surface area contributed by atoms with Gasteiger partial charge in [0.05, 0.1) is 13.2 Å². The molecule has 4 aliphatic rings. The Morgan fingerprint density at radius 2 is 1.56 bits per heavy atom. The smallest absolute Gasteiger partial charge is 0.302 e. The van der Waals surface area contributed by atoms with E-state index < -0.39 is 41.4 Å². The maximum atomic E-state index is 12.4. The Hall–Kier alpha value is -2.89. The Morgan fingerprint density at radius 3 is 2.03 bits per heavy atom. The lowest BCUT2D eigenvalue weighted by Crippen LogP contribution is -2.61. The number of hydrogen-bond donors (Lipinski definition) is 5. The first-order chi connectivity index (χ1) is 17.9. The van der Waals surface area contributed by atoms with Crippen molar-refractivity contribution in [1.29, 1.82) is 0 Å². The molecule has 220 valence electrons. The molecule has 0 heterocycles. The van der Waals surface area contributed by atoms with Gasteiger partial charge < -0.3 is 30.3 Å². The molecule has 0 aliphatic heterocycles. The molecule has 0 bridgehead atoms. The van der Waals surface area contributed by atoms with Crippen LogP contribution in [0.4, 0.5) is 0 Å². The predicted molar refractivity (Wildman–Crippen MR) is 139 cm³/mol. The summed E-state index contributed by atoms with van der Waals surface area (Å²) in [6, 6.07) is 0. The molecule has 39 heavy (non-hydrogen) atoms. The van der Waals surface area contributed by atoms with Crippen molar-refractivity contribution in [2.75, 3.05) is 13.7 Å². The van der Waals surface area contributed by atoms with E-state index in [2.05, 4.69) is 11.7 Å². The highest BCUT2D eigenvalue weighted by Gasteiger charge is 2.67. The molecule has 3 saturated carbocycles. The number of aliphatic hydroxyl groups excluding tert-OH is 2. The summed E-state index contributed by atoms with van der Waals surface area (Å²) in [5.74, 6) is -2.14. The van der Waals surface area contributed by atoms with Gasteiger partial charge in [-0.15, -0.1) is 0 Å². The fourth-order valence-electron chi connectivity index (χ4n) is 6.92. The molecule has 0 saturated heterocycles. The van der Waals surface area contributed by atoms with Gasteiger partial charge in [0.15, 0.2) is 11.6 Å². The van der Waals surface area contributed by atoms with Crippen LogP contribution >= 0.6 is 0 Å². The first kappa shape index (κ1) is 34.1. The van der Waals surface area contributed by atoms with Crippen molar-refractivity contribution in [2.45, 2.75) is 78.4 Å². The summed E-state index contributed by atoms with van der Waals surface area (Å²) in [6.07, 6.45) is 7.68. The van der Waals surface area contributed by atoms with Crippen molar-refractivity contribution < 1.29 is 54.2 Å². The molecule has 5 N–H and O–H groups in total. The molecule has 3 fully saturated rings. The second-order valence-electron chi connectivity index (χ2n) is 10.9. The van der Waals surface area contributed by atoms with Gasteiger partial charge in [-0.05, 0) is 56.1 Å². The van der Waals surface area contributed by atoms with Crippen LogP contribution in [0.15, 0.2) is 23.8 Å². The highest BCUT2D eigenvalue weighted by molar-refractivity contribution is 6.01. The van der Waals surface area contributed by atoms with E-state index in [9.17, 15) is 29.7 Å². The van der Waals surface area contributed by atoms with Gasteiger partial charge in [-0.2, -0.15) is 0 Å². The van der Waals surface area contributed by atoms with Crippen molar-refractivity contribution in [3.05, 3.63) is 23.8 Å². The summed E-state index contributed by atoms with van der Waals surface area (Å²) in [5, 5.41) is 46.5. The first-order valence-corrected chi connectivity index (χ1v) is 12.8. The Labute approximate surface area is 228 Å². The molecule has 11 nitrogen and oxygen atoms in total. The van der Waals surface area contributed by atoms with E-state index in [1.165, 1.54) is 14.0 Å². The summed E-state index contributed by atoms with van der Waals surface area (Å²) < 4.78 is 4.11. The number of hydrogen-bond acceptors (Lipinski definition) is 9. The van der Waals surface area contributed by atoms with E-state index in [0.29, 0.717) is 12.8 Å². The maximum absolute atomic E-state index is 12.4. The van der Waals surface area contributed by atoms with Crippen LogP contribution in [0.2, 0.25) is 0 Å². The third kappa shape index (κ3) is 7.40. The lowest BCUT2D eigenvalue weighted by Gasteiger charge is -2.59. The van der Waals surface area contributed by atoms with E-state index in [0.717, 1.165) is 38.7 Å². The number of carboxylic acid groups (broad SMARTS) is 2. The molecule has 4 rings (SSSR count). The number of methoxy groups -OCH3 is 1. The maximum Gasteiger partial charge on any atom is 0.302 e. The van der Waals surface area contributed by atoms with E-state index in [-0.39, 0.29) is 34.9 Å². The lowest BCUT2D eigenvalue weighted by atomic mass is 9.46. The molecule has 0 aromatic rings. The van der Waals surface area contributed by atoms with Crippen LogP contribution < -0.4 is 0 Å². The van der Waals surface area contributed by atoms with E-state index in [1.54, 1.807) is 12.2 Å². The van der Waals surface area contributed by atoms with Crippen molar-refractivity contribution in [1.82, 2.24) is 0 Å². The summed E-state index contributed by atoms with van der Waals surface area (Å²) in [5.41, 5.74) is -1.54. The molecular weight excluding hydrogens is 512 g/mol. The first-order valence-electron chi connectivity index (χ1n) is 12.8. The summed E-state index contributed by atoms with van der Waals surface area (Å²) in [6.45, 7) is 6.87. The van der Waals surface area contributed by atoms with E-state index in [4.69, 9.17) is 19.8 Å². The zero-order valence-electron chi connectivity index (χ0n) is 23.5. The number of allylic oxidation sites excluding steroid dienone is 4. The normalized spacial score (nSPS) is 35.4. The largest absolute Gasteiger partial charge is 0.481 e. The van der Waals surface area contributed by atoms with Crippen molar-refractivity contribution in [3.8, 4) is 0 Å².